The van der Waals surface area contributed by atoms with Crippen LogP contribution in [0, 0.1) is 0 Å². The molecule has 0 spiro atoms. The highest BCUT2D eigenvalue weighted by molar-refractivity contribution is 5.99. The van der Waals surface area contributed by atoms with Crippen LogP contribution in [-0.4, -0.2) is 43.4 Å². The second-order valence-electron chi connectivity index (χ2n) is 9.31. The van der Waals surface area contributed by atoms with E-state index in [1.165, 1.54) is 47.1 Å². The second-order valence-corrected chi connectivity index (χ2v) is 9.31. The molecule has 1 saturated heterocycles. The fourth-order valence-electron chi connectivity index (χ4n) is 5.09. The summed E-state index contributed by atoms with van der Waals surface area (Å²) in [5, 5.41) is 3.39. The average molecular weight is 419 g/mol. The van der Waals surface area contributed by atoms with Gasteiger partial charge in [-0.25, -0.2) is 0 Å². The van der Waals surface area contributed by atoms with Gasteiger partial charge < -0.3 is 5.32 Å². The fourth-order valence-corrected chi connectivity index (χ4v) is 5.09. The minimum atomic E-state index is 0.316. The van der Waals surface area contributed by atoms with Crippen LogP contribution in [0.15, 0.2) is 36.4 Å². The summed E-state index contributed by atoms with van der Waals surface area (Å²) >= 11 is 0. The lowest BCUT2D eigenvalue weighted by Gasteiger charge is -2.27. The van der Waals surface area contributed by atoms with Crippen molar-refractivity contribution >= 4 is 5.78 Å². The lowest BCUT2D eigenvalue weighted by Crippen LogP contribution is -2.45. The normalized spacial score (nSPS) is 18.4. The SMILES string of the molecule is CCc1cc2c(C(=O)CN3CCNCC3)cc1CCCCc1ccc(cc1)CCCC2. The highest BCUT2D eigenvalue weighted by Gasteiger charge is 2.19. The van der Waals surface area contributed by atoms with E-state index in [-0.39, 0.29) is 0 Å². The predicted octanol–water partition coefficient (Wildman–Crippen LogP) is 4.78. The van der Waals surface area contributed by atoms with Crippen LogP contribution in [0.4, 0.5) is 0 Å². The molecule has 1 N–H and O–H groups in total. The molecule has 0 amide bonds. The molecule has 0 saturated carbocycles. The van der Waals surface area contributed by atoms with Crippen LogP contribution >= 0.6 is 0 Å². The van der Waals surface area contributed by atoms with Gasteiger partial charge >= 0.3 is 0 Å². The number of Topliss-reactive ketones (excluding diaryl/α,β-unsaturated/α-hetero) is 1. The van der Waals surface area contributed by atoms with E-state index in [4.69, 9.17) is 0 Å². The highest BCUT2D eigenvalue weighted by atomic mass is 16.1. The smallest absolute Gasteiger partial charge is 0.177 e. The summed E-state index contributed by atoms with van der Waals surface area (Å²) in [4.78, 5) is 15.7. The van der Waals surface area contributed by atoms with Crippen molar-refractivity contribution in [3.05, 3.63) is 69.8 Å². The number of rotatable bonds is 4. The monoisotopic (exact) mass is 418 g/mol. The van der Waals surface area contributed by atoms with Crippen molar-refractivity contribution < 1.29 is 4.79 Å². The first-order valence-corrected chi connectivity index (χ1v) is 12.4. The summed E-state index contributed by atoms with van der Waals surface area (Å²) in [6.45, 7) is 6.73. The van der Waals surface area contributed by atoms with Crippen LogP contribution in [0.1, 0.15) is 70.8 Å². The van der Waals surface area contributed by atoms with Crippen LogP contribution < -0.4 is 5.32 Å². The van der Waals surface area contributed by atoms with Crippen molar-refractivity contribution in [2.75, 3.05) is 32.7 Å². The molecule has 0 radical (unpaired) electrons. The third-order valence-corrected chi connectivity index (χ3v) is 7.03. The Morgan fingerprint density at radius 1 is 0.839 bits per heavy atom. The number of carbonyl (C=O) groups is 1. The van der Waals surface area contributed by atoms with E-state index >= 15 is 0 Å². The van der Waals surface area contributed by atoms with Gasteiger partial charge in [-0.3, -0.25) is 9.69 Å². The molecule has 2 aromatic carbocycles. The van der Waals surface area contributed by atoms with Crippen molar-refractivity contribution in [3.8, 4) is 0 Å². The molecule has 0 unspecified atom stereocenters. The molecule has 2 aromatic rings. The Morgan fingerprint density at radius 3 is 2.03 bits per heavy atom. The molecule has 3 nitrogen and oxygen atoms in total. The number of nitrogens with one attached hydrogen (secondary N) is 1. The van der Waals surface area contributed by atoms with Crippen molar-refractivity contribution in [2.24, 2.45) is 0 Å². The third kappa shape index (κ3) is 6.05. The fraction of sp³-hybridized carbons (Fsp3) is 0.536. The molecule has 1 heterocycles. The topological polar surface area (TPSA) is 32.3 Å². The summed E-state index contributed by atoms with van der Waals surface area (Å²) < 4.78 is 0. The number of ketones is 1. The molecule has 31 heavy (non-hydrogen) atoms. The first-order valence-electron chi connectivity index (χ1n) is 12.4. The molecule has 5 aliphatic rings. The number of benzene rings is 2. The highest BCUT2D eigenvalue weighted by Crippen LogP contribution is 2.24. The number of hydrogen-bond acceptors (Lipinski definition) is 3. The second kappa shape index (κ2) is 11.1. The summed E-state index contributed by atoms with van der Waals surface area (Å²) in [6.07, 6.45) is 10.1. The van der Waals surface area contributed by atoms with Gasteiger partial charge in [-0.2, -0.15) is 0 Å². The Morgan fingerprint density at radius 2 is 1.42 bits per heavy atom. The van der Waals surface area contributed by atoms with Crippen molar-refractivity contribution in [1.82, 2.24) is 10.2 Å². The van der Waals surface area contributed by atoms with Gasteiger partial charge in [0, 0.05) is 31.7 Å². The molecule has 3 heteroatoms. The number of piperazine rings is 1. The van der Waals surface area contributed by atoms with E-state index in [1.54, 1.807) is 0 Å². The Bertz CT molecular complexity index is 865. The van der Waals surface area contributed by atoms with Gasteiger partial charge in [-0.15, -0.1) is 0 Å². The minimum Gasteiger partial charge on any atom is -0.314 e. The molecule has 0 aromatic heterocycles. The predicted molar refractivity (Wildman–Crippen MR) is 129 cm³/mol. The number of carbonyl (C=O) groups excluding carboxylic acids is 1. The maximum Gasteiger partial charge on any atom is 0.177 e. The van der Waals surface area contributed by atoms with Crippen molar-refractivity contribution in [1.29, 1.82) is 0 Å². The van der Waals surface area contributed by atoms with Gasteiger partial charge in [0.05, 0.1) is 6.54 Å². The zero-order chi connectivity index (χ0) is 21.5. The maximum atomic E-state index is 13.4. The quantitative estimate of drug-likeness (QED) is 0.725. The molecule has 4 aliphatic carbocycles. The van der Waals surface area contributed by atoms with E-state index in [0.717, 1.165) is 70.3 Å². The first kappa shape index (κ1) is 22.2. The average Bonchev–Trinajstić information content (AvgIpc) is 2.80. The van der Waals surface area contributed by atoms with E-state index in [0.29, 0.717) is 12.3 Å². The molecule has 1 aliphatic heterocycles. The molecule has 7 rings (SSSR count). The van der Waals surface area contributed by atoms with Gasteiger partial charge in [0.25, 0.3) is 0 Å². The van der Waals surface area contributed by atoms with E-state index in [2.05, 4.69) is 53.5 Å². The van der Waals surface area contributed by atoms with Crippen LogP contribution in [-0.2, 0) is 32.1 Å². The maximum absolute atomic E-state index is 13.4. The standard InChI is InChI=1S/C28H38N2O/c1-2-24-19-26-10-6-4-8-23-13-11-22(12-14-23)7-3-5-9-25(24)20-27(26)28(31)21-30-17-15-29-16-18-30/h11-14,19-20,29H,2-10,15-18,21H2,1H3. The summed E-state index contributed by atoms with van der Waals surface area (Å²) in [6, 6.07) is 13.9. The number of nitrogens with zero attached hydrogens (tertiary/aromatic N) is 1. The van der Waals surface area contributed by atoms with Crippen molar-refractivity contribution in [2.45, 2.75) is 64.7 Å². The molecule has 4 bridgehead atoms. The van der Waals surface area contributed by atoms with Crippen molar-refractivity contribution in [3.63, 3.8) is 0 Å². The minimum absolute atomic E-state index is 0.316. The van der Waals surface area contributed by atoms with Crippen LogP contribution in [0.25, 0.3) is 0 Å². The zero-order valence-corrected chi connectivity index (χ0v) is 19.2. The molecular formula is C28H38N2O. The first-order chi connectivity index (χ1) is 15.2. The Balaban J connectivity index is 1.57. The molecular weight excluding hydrogens is 380 g/mol. The van der Waals surface area contributed by atoms with Gasteiger partial charge in [0.15, 0.2) is 5.78 Å². The lowest BCUT2D eigenvalue weighted by molar-refractivity contribution is 0.0920. The number of aryl methyl sites for hydroxylation is 5. The van der Waals surface area contributed by atoms with Gasteiger partial charge in [-0.05, 0) is 91.7 Å². The van der Waals surface area contributed by atoms with E-state index in [1.807, 2.05) is 0 Å². The summed E-state index contributed by atoms with van der Waals surface area (Å²) in [5.74, 6) is 0.316. The summed E-state index contributed by atoms with van der Waals surface area (Å²) in [7, 11) is 0. The van der Waals surface area contributed by atoms with E-state index < -0.39 is 0 Å². The third-order valence-electron chi connectivity index (χ3n) is 7.03. The number of hydrogen-bond donors (Lipinski definition) is 1. The van der Waals surface area contributed by atoms with Crippen LogP contribution in [0.5, 0.6) is 0 Å². The molecule has 1 fully saturated rings. The Labute approximate surface area is 188 Å². The van der Waals surface area contributed by atoms with Gasteiger partial charge in [0.1, 0.15) is 0 Å². The molecule has 0 atom stereocenters. The van der Waals surface area contributed by atoms with Gasteiger partial charge in [-0.1, -0.05) is 37.3 Å². The lowest BCUT2D eigenvalue weighted by atomic mass is 9.89. The largest absolute Gasteiger partial charge is 0.314 e. The Kier molecular flexibility index (Phi) is 7.93. The van der Waals surface area contributed by atoms with E-state index in [9.17, 15) is 4.79 Å². The Hall–Kier alpha value is -1.97. The zero-order valence-electron chi connectivity index (χ0n) is 19.2. The van der Waals surface area contributed by atoms with Crippen LogP contribution in [0.3, 0.4) is 0 Å². The van der Waals surface area contributed by atoms with Crippen LogP contribution in [0.2, 0.25) is 0 Å². The summed E-state index contributed by atoms with van der Waals surface area (Å²) in [5.41, 5.74) is 8.02. The molecule has 166 valence electrons. The van der Waals surface area contributed by atoms with Gasteiger partial charge in [0.2, 0.25) is 0 Å².